The van der Waals surface area contributed by atoms with E-state index in [-0.39, 0.29) is 12.1 Å². The van der Waals surface area contributed by atoms with Gasteiger partial charge in [0.25, 0.3) is 0 Å². The number of amides is 2. The molecule has 1 aromatic heterocycles. The van der Waals surface area contributed by atoms with Gasteiger partial charge < -0.3 is 5.32 Å². The maximum Gasteiger partial charge on any atom is 0.333 e. The number of carbonyl (C=O) groups excluding carboxylic acids is 1. The molecule has 24 heavy (non-hydrogen) atoms. The predicted octanol–water partition coefficient (Wildman–Crippen LogP) is 1.61. The zero-order chi connectivity index (χ0) is 17.7. The van der Waals surface area contributed by atoms with Crippen LogP contribution >= 0.6 is 11.5 Å². The van der Waals surface area contributed by atoms with Crippen LogP contribution in [0, 0.1) is 0 Å². The molecule has 0 unspecified atom stereocenters. The molecule has 0 saturated heterocycles. The van der Waals surface area contributed by atoms with Crippen molar-refractivity contribution in [3.05, 3.63) is 24.3 Å². The molecule has 0 atom stereocenters. The van der Waals surface area contributed by atoms with Crippen molar-refractivity contribution in [3.8, 4) is 11.4 Å². The number of anilines is 2. The van der Waals surface area contributed by atoms with Crippen molar-refractivity contribution in [2.24, 2.45) is 0 Å². The van der Waals surface area contributed by atoms with Crippen molar-refractivity contribution in [1.82, 2.24) is 20.1 Å². The molecule has 11 heteroatoms. The van der Waals surface area contributed by atoms with E-state index in [1.807, 2.05) is 13.8 Å². The second-order valence-corrected chi connectivity index (χ2v) is 7.76. The summed E-state index contributed by atoms with van der Waals surface area (Å²) in [6.45, 7) is 3.69. The number of aromatic nitrogens is 2. The van der Waals surface area contributed by atoms with Gasteiger partial charge in [-0.15, -0.1) is 0 Å². The lowest BCUT2D eigenvalue weighted by Crippen LogP contribution is -2.42. The monoisotopic (exact) mass is 370 g/mol. The summed E-state index contributed by atoms with van der Waals surface area (Å²) in [4.78, 5) is 15.7. The standard InChI is InChI=1S/C13H18N6O3S2/c1-8(2)14-12(20)16-17-13-15-11(18-23-13)9-5-4-6-10(7-9)19-24(3,21)22/h4-8,19H,1-3H3,(H2,14,16,20)(H,15,17,18). The van der Waals surface area contributed by atoms with E-state index in [4.69, 9.17) is 0 Å². The summed E-state index contributed by atoms with van der Waals surface area (Å²) in [5.41, 5.74) is 6.20. The SMILES string of the molecule is CC(C)NC(=O)NNc1nc(-c2cccc(NS(C)(=O)=O)c2)ns1. The Morgan fingerprint density at radius 1 is 1.29 bits per heavy atom. The molecule has 130 valence electrons. The molecule has 0 spiro atoms. The van der Waals surface area contributed by atoms with E-state index in [9.17, 15) is 13.2 Å². The molecule has 2 aromatic rings. The average Bonchev–Trinajstić information content (AvgIpc) is 2.92. The minimum Gasteiger partial charge on any atom is -0.335 e. The summed E-state index contributed by atoms with van der Waals surface area (Å²) in [5, 5.41) is 3.07. The Morgan fingerprint density at radius 3 is 2.71 bits per heavy atom. The highest BCUT2D eigenvalue weighted by Gasteiger charge is 2.10. The maximum absolute atomic E-state index is 11.5. The number of carbonyl (C=O) groups is 1. The number of rotatable bonds is 6. The van der Waals surface area contributed by atoms with Gasteiger partial charge in [0.1, 0.15) is 0 Å². The second kappa shape index (κ2) is 7.45. The topological polar surface area (TPSA) is 125 Å². The molecule has 0 aliphatic rings. The van der Waals surface area contributed by atoms with Crippen molar-refractivity contribution in [3.63, 3.8) is 0 Å². The first kappa shape index (κ1) is 17.9. The lowest BCUT2D eigenvalue weighted by atomic mass is 10.2. The number of hydrogen-bond acceptors (Lipinski definition) is 7. The van der Waals surface area contributed by atoms with Crippen molar-refractivity contribution in [2.45, 2.75) is 19.9 Å². The van der Waals surface area contributed by atoms with Gasteiger partial charge >= 0.3 is 6.03 Å². The van der Waals surface area contributed by atoms with Crippen LogP contribution in [0.2, 0.25) is 0 Å². The van der Waals surface area contributed by atoms with Crippen LogP contribution in [-0.4, -0.2) is 36.1 Å². The summed E-state index contributed by atoms with van der Waals surface area (Å²) in [6.07, 6.45) is 1.08. The Balaban J connectivity index is 2.05. The van der Waals surface area contributed by atoms with E-state index < -0.39 is 10.0 Å². The number of nitrogens with zero attached hydrogens (tertiary/aromatic N) is 2. The van der Waals surface area contributed by atoms with E-state index in [1.54, 1.807) is 24.3 Å². The molecule has 2 rings (SSSR count). The lowest BCUT2D eigenvalue weighted by molar-refractivity contribution is 0.240. The molecule has 9 nitrogen and oxygen atoms in total. The lowest BCUT2D eigenvalue weighted by Gasteiger charge is -2.09. The van der Waals surface area contributed by atoms with E-state index >= 15 is 0 Å². The molecule has 2 amide bonds. The smallest absolute Gasteiger partial charge is 0.333 e. The van der Waals surface area contributed by atoms with Gasteiger partial charge in [0, 0.05) is 28.8 Å². The van der Waals surface area contributed by atoms with Crippen LogP contribution in [0.4, 0.5) is 15.6 Å². The normalized spacial score (nSPS) is 11.2. The Bertz CT molecular complexity index is 819. The minimum absolute atomic E-state index is 0.0156. The highest BCUT2D eigenvalue weighted by Crippen LogP contribution is 2.23. The van der Waals surface area contributed by atoms with Crippen LogP contribution in [0.3, 0.4) is 0 Å². The number of nitrogens with one attached hydrogen (secondary N) is 4. The van der Waals surface area contributed by atoms with Crippen molar-refractivity contribution in [1.29, 1.82) is 0 Å². The molecular weight excluding hydrogens is 352 g/mol. The van der Waals surface area contributed by atoms with Crippen LogP contribution in [0.5, 0.6) is 0 Å². The van der Waals surface area contributed by atoms with Crippen molar-refractivity contribution in [2.75, 3.05) is 16.4 Å². The van der Waals surface area contributed by atoms with Gasteiger partial charge in [-0.2, -0.15) is 9.36 Å². The van der Waals surface area contributed by atoms with Gasteiger partial charge in [0.2, 0.25) is 15.2 Å². The second-order valence-electron chi connectivity index (χ2n) is 5.26. The van der Waals surface area contributed by atoms with Crippen molar-refractivity contribution >= 4 is 38.4 Å². The van der Waals surface area contributed by atoms with Gasteiger partial charge in [0.15, 0.2) is 5.82 Å². The van der Waals surface area contributed by atoms with Gasteiger partial charge in [-0.05, 0) is 26.0 Å². The maximum atomic E-state index is 11.5. The fourth-order valence-corrected chi connectivity index (χ4v) is 2.83. The molecular formula is C13H18N6O3S2. The zero-order valence-electron chi connectivity index (χ0n) is 13.3. The predicted molar refractivity (Wildman–Crippen MR) is 94.2 cm³/mol. The van der Waals surface area contributed by atoms with Crippen LogP contribution in [0.25, 0.3) is 11.4 Å². The first-order valence-corrected chi connectivity index (χ1v) is 9.64. The molecule has 0 bridgehead atoms. The van der Waals surface area contributed by atoms with E-state index in [0.29, 0.717) is 22.2 Å². The summed E-state index contributed by atoms with van der Waals surface area (Å²) in [6, 6.07) is 6.37. The molecule has 0 radical (unpaired) electrons. The Labute approximate surface area is 144 Å². The summed E-state index contributed by atoms with van der Waals surface area (Å²) in [5.74, 6) is 0.422. The fraction of sp³-hybridized carbons (Fsp3) is 0.308. The molecule has 0 saturated carbocycles. The number of hydrazine groups is 1. The number of sulfonamides is 1. The molecule has 0 aliphatic heterocycles. The van der Waals surface area contributed by atoms with Crippen LogP contribution in [0.15, 0.2) is 24.3 Å². The fourth-order valence-electron chi connectivity index (χ4n) is 1.74. The summed E-state index contributed by atoms with van der Waals surface area (Å²) < 4.78 is 29.1. The van der Waals surface area contributed by atoms with E-state index in [0.717, 1.165) is 17.8 Å². The third kappa shape index (κ3) is 5.66. The number of benzene rings is 1. The highest BCUT2D eigenvalue weighted by molar-refractivity contribution is 7.92. The zero-order valence-corrected chi connectivity index (χ0v) is 15.0. The third-order valence-electron chi connectivity index (χ3n) is 2.55. The molecule has 1 aromatic carbocycles. The van der Waals surface area contributed by atoms with Gasteiger partial charge in [-0.3, -0.25) is 10.1 Å². The summed E-state index contributed by atoms with van der Waals surface area (Å²) in [7, 11) is -3.35. The first-order valence-electron chi connectivity index (χ1n) is 6.97. The molecule has 0 aliphatic carbocycles. The summed E-state index contributed by atoms with van der Waals surface area (Å²) >= 11 is 1.07. The Kier molecular flexibility index (Phi) is 5.57. The van der Waals surface area contributed by atoms with Gasteiger partial charge in [-0.1, -0.05) is 12.1 Å². The van der Waals surface area contributed by atoms with Crippen LogP contribution < -0.4 is 20.9 Å². The van der Waals surface area contributed by atoms with Gasteiger partial charge in [-0.25, -0.2) is 18.6 Å². The van der Waals surface area contributed by atoms with E-state index in [1.165, 1.54) is 0 Å². The first-order chi connectivity index (χ1) is 11.2. The average molecular weight is 370 g/mol. The largest absolute Gasteiger partial charge is 0.335 e. The van der Waals surface area contributed by atoms with Crippen LogP contribution in [-0.2, 0) is 10.0 Å². The number of urea groups is 1. The highest BCUT2D eigenvalue weighted by atomic mass is 32.2. The van der Waals surface area contributed by atoms with Crippen LogP contribution in [0.1, 0.15) is 13.8 Å². The number of hydrogen-bond donors (Lipinski definition) is 4. The Hall–Kier alpha value is -2.40. The molecule has 1 heterocycles. The molecule has 4 N–H and O–H groups in total. The Morgan fingerprint density at radius 2 is 2.04 bits per heavy atom. The van der Waals surface area contributed by atoms with Crippen molar-refractivity contribution < 1.29 is 13.2 Å². The quantitative estimate of drug-likeness (QED) is 0.573. The van der Waals surface area contributed by atoms with Gasteiger partial charge in [0.05, 0.1) is 6.26 Å². The minimum atomic E-state index is -3.35. The third-order valence-corrected chi connectivity index (χ3v) is 3.79. The molecule has 0 fully saturated rings. The van der Waals surface area contributed by atoms with E-state index in [2.05, 4.69) is 30.2 Å².